The summed E-state index contributed by atoms with van der Waals surface area (Å²) in [6.45, 7) is 7.68. The Balaban J connectivity index is 2.06. The molecule has 0 radical (unpaired) electrons. The summed E-state index contributed by atoms with van der Waals surface area (Å²) < 4.78 is 17.0. The quantitative estimate of drug-likeness (QED) is 0.886. The molecule has 0 amide bonds. The molecule has 2 aromatic rings. The van der Waals surface area contributed by atoms with Crippen molar-refractivity contribution in [1.82, 2.24) is 19.6 Å². The van der Waals surface area contributed by atoms with Crippen LogP contribution in [-0.2, 0) is 19.6 Å². The molecular formula is C12H18FN5. The second-order valence-electron chi connectivity index (χ2n) is 4.09. The molecule has 0 bridgehead atoms. The SMILES string of the molecule is CCn1ncc(NCc2cnn(CC)c2F)c1C. The molecule has 5 nitrogen and oxygen atoms in total. The molecule has 0 aliphatic heterocycles. The van der Waals surface area contributed by atoms with Gasteiger partial charge >= 0.3 is 0 Å². The first-order valence-electron chi connectivity index (χ1n) is 6.13. The minimum atomic E-state index is -0.273. The average Bonchev–Trinajstić information content (AvgIpc) is 2.90. The van der Waals surface area contributed by atoms with Crippen LogP contribution in [0, 0.1) is 12.9 Å². The lowest BCUT2D eigenvalue weighted by molar-refractivity contribution is 0.465. The molecule has 0 atom stereocenters. The molecule has 0 aliphatic rings. The maximum absolute atomic E-state index is 13.7. The topological polar surface area (TPSA) is 47.7 Å². The summed E-state index contributed by atoms with van der Waals surface area (Å²) in [5.41, 5.74) is 2.56. The predicted octanol–water partition coefficient (Wildman–Crippen LogP) is 2.18. The zero-order valence-electron chi connectivity index (χ0n) is 10.9. The standard InChI is InChI=1S/C12H18FN5/c1-4-17-9(3)11(8-16-17)14-6-10-7-15-18(5-2)12(10)13/h7-8,14H,4-6H2,1-3H3. The largest absolute Gasteiger partial charge is 0.378 e. The van der Waals surface area contributed by atoms with Crippen LogP contribution in [0.5, 0.6) is 0 Å². The number of rotatable bonds is 5. The molecular weight excluding hydrogens is 233 g/mol. The van der Waals surface area contributed by atoms with Crippen molar-refractivity contribution in [3.8, 4) is 0 Å². The summed E-state index contributed by atoms with van der Waals surface area (Å²) >= 11 is 0. The third-order valence-electron chi connectivity index (χ3n) is 3.02. The van der Waals surface area contributed by atoms with Gasteiger partial charge in [0.15, 0.2) is 0 Å². The van der Waals surface area contributed by atoms with Crippen LogP contribution in [0.2, 0.25) is 0 Å². The molecule has 18 heavy (non-hydrogen) atoms. The van der Waals surface area contributed by atoms with Crippen LogP contribution >= 0.6 is 0 Å². The summed E-state index contributed by atoms with van der Waals surface area (Å²) in [4.78, 5) is 0. The van der Waals surface area contributed by atoms with Crippen molar-refractivity contribution in [1.29, 1.82) is 0 Å². The first kappa shape index (κ1) is 12.6. The Morgan fingerprint density at radius 1 is 1.17 bits per heavy atom. The Labute approximate surface area is 106 Å². The molecule has 0 spiro atoms. The highest BCUT2D eigenvalue weighted by molar-refractivity contribution is 5.46. The van der Waals surface area contributed by atoms with E-state index in [-0.39, 0.29) is 5.95 Å². The van der Waals surface area contributed by atoms with E-state index in [1.807, 2.05) is 25.5 Å². The Bertz CT molecular complexity index is 480. The van der Waals surface area contributed by atoms with Gasteiger partial charge in [-0.05, 0) is 20.8 Å². The Hall–Kier alpha value is -1.85. The van der Waals surface area contributed by atoms with E-state index < -0.39 is 0 Å². The predicted molar refractivity (Wildman–Crippen MR) is 67.8 cm³/mol. The molecule has 2 aromatic heterocycles. The fraction of sp³-hybridized carbons (Fsp3) is 0.500. The van der Waals surface area contributed by atoms with Gasteiger partial charge in [-0.25, -0.2) is 4.68 Å². The maximum atomic E-state index is 13.7. The van der Waals surface area contributed by atoms with Gasteiger partial charge in [0.2, 0.25) is 5.95 Å². The number of hydrogen-bond donors (Lipinski definition) is 1. The van der Waals surface area contributed by atoms with Gasteiger partial charge < -0.3 is 5.32 Å². The Morgan fingerprint density at radius 3 is 2.39 bits per heavy atom. The number of halogens is 1. The summed E-state index contributed by atoms with van der Waals surface area (Å²) in [7, 11) is 0. The lowest BCUT2D eigenvalue weighted by Gasteiger charge is -2.05. The molecule has 2 heterocycles. The van der Waals surface area contributed by atoms with Crippen LogP contribution in [-0.4, -0.2) is 19.6 Å². The van der Waals surface area contributed by atoms with E-state index in [0.717, 1.165) is 17.9 Å². The molecule has 0 aliphatic carbocycles. The van der Waals surface area contributed by atoms with E-state index in [1.54, 1.807) is 12.4 Å². The average molecular weight is 251 g/mol. The van der Waals surface area contributed by atoms with E-state index in [9.17, 15) is 4.39 Å². The highest BCUT2D eigenvalue weighted by atomic mass is 19.1. The lowest BCUT2D eigenvalue weighted by Crippen LogP contribution is -2.05. The molecule has 1 N–H and O–H groups in total. The van der Waals surface area contributed by atoms with Crippen LogP contribution < -0.4 is 5.32 Å². The van der Waals surface area contributed by atoms with Crippen LogP contribution in [0.3, 0.4) is 0 Å². The van der Waals surface area contributed by atoms with Gasteiger partial charge in [0.25, 0.3) is 0 Å². The summed E-state index contributed by atoms with van der Waals surface area (Å²) in [5.74, 6) is -0.273. The van der Waals surface area contributed by atoms with Crippen LogP contribution in [0.1, 0.15) is 25.1 Å². The molecule has 0 unspecified atom stereocenters. The highest BCUT2D eigenvalue weighted by Gasteiger charge is 2.10. The van der Waals surface area contributed by atoms with Gasteiger partial charge in [0.05, 0.1) is 23.8 Å². The van der Waals surface area contributed by atoms with Crippen molar-refractivity contribution in [2.45, 2.75) is 40.4 Å². The van der Waals surface area contributed by atoms with Crippen molar-refractivity contribution in [2.24, 2.45) is 0 Å². The highest BCUT2D eigenvalue weighted by Crippen LogP contribution is 2.15. The number of aryl methyl sites for hydroxylation is 2. The molecule has 6 heteroatoms. The van der Waals surface area contributed by atoms with Crippen LogP contribution in [0.4, 0.5) is 10.1 Å². The first-order chi connectivity index (χ1) is 8.67. The monoisotopic (exact) mass is 251 g/mol. The zero-order chi connectivity index (χ0) is 13.1. The van der Waals surface area contributed by atoms with E-state index >= 15 is 0 Å². The third-order valence-corrected chi connectivity index (χ3v) is 3.02. The van der Waals surface area contributed by atoms with E-state index in [2.05, 4.69) is 15.5 Å². The molecule has 0 saturated carbocycles. The van der Waals surface area contributed by atoms with Crippen molar-refractivity contribution in [3.63, 3.8) is 0 Å². The van der Waals surface area contributed by atoms with Gasteiger partial charge in [0, 0.05) is 25.2 Å². The normalized spacial score (nSPS) is 10.9. The van der Waals surface area contributed by atoms with Crippen molar-refractivity contribution in [3.05, 3.63) is 29.6 Å². The van der Waals surface area contributed by atoms with E-state index in [0.29, 0.717) is 18.7 Å². The van der Waals surface area contributed by atoms with Crippen LogP contribution in [0.25, 0.3) is 0 Å². The van der Waals surface area contributed by atoms with Crippen LogP contribution in [0.15, 0.2) is 12.4 Å². The molecule has 0 saturated heterocycles. The van der Waals surface area contributed by atoms with Crippen molar-refractivity contribution in [2.75, 3.05) is 5.32 Å². The van der Waals surface area contributed by atoms with Crippen molar-refractivity contribution < 1.29 is 4.39 Å². The van der Waals surface area contributed by atoms with E-state index in [1.165, 1.54) is 4.68 Å². The number of hydrogen-bond acceptors (Lipinski definition) is 3. The Kier molecular flexibility index (Phi) is 3.64. The molecule has 2 rings (SSSR count). The molecule has 98 valence electrons. The molecule has 0 fully saturated rings. The smallest absolute Gasteiger partial charge is 0.216 e. The lowest BCUT2D eigenvalue weighted by atomic mass is 10.3. The minimum Gasteiger partial charge on any atom is -0.378 e. The fourth-order valence-corrected chi connectivity index (χ4v) is 1.88. The van der Waals surface area contributed by atoms with E-state index in [4.69, 9.17) is 0 Å². The fourth-order valence-electron chi connectivity index (χ4n) is 1.88. The number of nitrogens with one attached hydrogen (secondary N) is 1. The van der Waals surface area contributed by atoms with Gasteiger partial charge in [-0.15, -0.1) is 0 Å². The second-order valence-corrected chi connectivity index (χ2v) is 4.09. The zero-order valence-corrected chi connectivity index (χ0v) is 10.9. The number of nitrogens with zero attached hydrogens (tertiary/aromatic N) is 4. The maximum Gasteiger partial charge on any atom is 0.216 e. The second kappa shape index (κ2) is 5.20. The number of aromatic nitrogens is 4. The van der Waals surface area contributed by atoms with Gasteiger partial charge in [-0.3, -0.25) is 4.68 Å². The van der Waals surface area contributed by atoms with Gasteiger partial charge in [-0.2, -0.15) is 14.6 Å². The summed E-state index contributed by atoms with van der Waals surface area (Å²) in [6.07, 6.45) is 3.33. The van der Waals surface area contributed by atoms with Crippen molar-refractivity contribution >= 4 is 5.69 Å². The van der Waals surface area contributed by atoms with Gasteiger partial charge in [-0.1, -0.05) is 0 Å². The summed E-state index contributed by atoms with van der Waals surface area (Å²) in [6, 6.07) is 0. The number of anilines is 1. The van der Waals surface area contributed by atoms with Gasteiger partial charge in [0.1, 0.15) is 0 Å². The molecule has 0 aromatic carbocycles. The Morgan fingerprint density at radius 2 is 1.83 bits per heavy atom. The summed E-state index contributed by atoms with van der Waals surface area (Å²) in [5, 5.41) is 11.4. The minimum absolute atomic E-state index is 0.273. The first-order valence-corrected chi connectivity index (χ1v) is 6.13. The third kappa shape index (κ3) is 2.23.